The second-order valence-corrected chi connectivity index (χ2v) is 11.3. The zero-order valence-electron chi connectivity index (χ0n) is 25.6. The van der Waals surface area contributed by atoms with E-state index in [-0.39, 0.29) is 44.4 Å². The Kier molecular flexibility index (Phi) is 14.1. The molecule has 1 aromatic heterocycles. The number of fused-ring (bicyclic) bond motifs is 1. The molecule has 0 aliphatic carbocycles. The summed E-state index contributed by atoms with van der Waals surface area (Å²) in [6.07, 6.45) is 2.69. The molecular weight excluding hydrogens is 596 g/mol. The van der Waals surface area contributed by atoms with Gasteiger partial charge in [0.1, 0.15) is 18.7 Å². The fraction of sp³-hybridized carbons (Fsp3) is 0.406. The first-order valence-electron chi connectivity index (χ1n) is 15.0. The van der Waals surface area contributed by atoms with Crippen molar-refractivity contribution in [3.63, 3.8) is 0 Å². The highest BCUT2D eigenvalue weighted by Gasteiger charge is 2.28. The maximum Gasteiger partial charge on any atom is 0.408 e. The summed E-state index contributed by atoms with van der Waals surface area (Å²) in [5, 5.41) is 24.3. The average Bonchev–Trinajstić information content (AvgIpc) is 3.41. The number of ether oxygens (including phenoxy) is 1. The van der Waals surface area contributed by atoms with Gasteiger partial charge in [-0.3, -0.25) is 14.4 Å². The number of aromatic nitrogens is 1. The van der Waals surface area contributed by atoms with Crippen molar-refractivity contribution in [2.24, 2.45) is 0 Å². The van der Waals surface area contributed by atoms with Gasteiger partial charge in [0.15, 0.2) is 5.11 Å². The lowest BCUT2D eigenvalue weighted by molar-refractivity contribution is -0.136. The van der Waals surface area contributed by atoms with Crippen LogP contribution in [-0.4, -0.2) is 70.3 Å². The van der Waals surface area contributed by atoms with Gasteiger partial charge in [0.05, 0.1) is 6.42 Å². The zero-order valence-corrected chi connectivity index (χ0v) is 26.4. The van der Waals surface area contributed by atoms with E-state index in [2.05, 4.69) is 31.6 Å². The van der Waals surface area contributed by atoms with Gasteiger partial charge in [0.2, 0.25) is 11.8 Å². The van der Waals surface area contributed by atoms with Crippen LogP contribution in [0.25, 0.3) is 10.9 Å². The number of alkyl carbamates (subject to hydrolysis) is 1. The molecule has 3 aromatic rings. The molecule has 7 N–H and O–H groups in total. The molecule has 242 valence electrons. The number of benzene rings is 2. The lowest BCUT2D eigenvalue weighted by Crippen LogP contribution is -2.55. The van der Waals surface area contributed by atoms with Crippen molar-refractivity contribution < 1.29 is 29.0 Å². The van der Waals surface area contributed by atoms with E-state index in [1.807, 2.05) is 74.6 Å². The van der Waals surface area contributed by atoms with Gasteiger partial charge in [-0.05, 0) is 62.5 Å². The SMILES string of the molecule is CC(C)NC(=O)[C@H](Cc1c[nH]c2ccccc12)NC(=O)[C@H](CCCCNC(=S)NCCC(=O)O)NC(=O)OCc1ccccc1. The van der Waals surface area contributed by atoms with Crippen molar-refractivity contribution >= 4 is 52.1 Å². The van der Waals surface area contributed by atoms with Gasteiger partial charge < -0.3 is 41.4 Å². The minimum Gasteiger partial charge on any atom is -0.481 e. The molecule has 0 saturated carbocycles. The molecule has 2 atom stereocenters. The highest BCUT2D eigenvalue weighted by molar-refractivity contribution is 7.80. The molecule has 45 heavy (non-hydrogen) atoms. The lowest BCUT2D eigenvalue weighted by Gasteiger charge is -2.24. The molecule has 1 heterocycles. The molecule has 0 spiro atoms. The Balaban J connectivity index is 1.65. The molecule has 0 fully saturated rings. The quantitative estimate of drug-likeness (QED) is 0.0866. The van der Waals surface area contributed by atoms with Crippen molar-refractivity contribution in [3.05, 3.63) is 71.9 Å². The zero-order chi connectivity index (χ0) is 32.6. The number of amides is 3. The number of hydrogen-bond donors (Lipinski definition) is 7. The number of hydrogen-bond acceptors (Lipinski definition) is 6. The summed E-state index contributed by atoms with van der Waals surface area (Å²) < 4.78 is 5.37. The number of carboxylic acid groups (broad SMARTS) is 1. The summed E-state index contributed by atoms with van der Waals surface area (Å²) in [4.78, 5) is 53.5. The first-order chi connectivity index (χ1) is 21.6. The molecule has 3 amide bonds. The number of carbonyl (C=O) groups is 4. The Bertz CT molecular complexity index is 1430. The number of carboxylic acids is 1. The Morgan fingerprint density at radius 2 is 1.56 bits per heavy atom. The Labute approximate surface area is 268 Å². The predicted molar refractivity (Wildman–Crippen MR) is 175 cm³/mol. The van der Waals surface area contributed by atoms with E-state index in [1.54, 1.807) is 0 Å². The van der Waals surface area contributed by atoms with Crippen LogP contribution in [0.5, 0.6) is 0 Å². The molecule has 2 aromatic carbocycles. The van der Waals surface area contributed by atoms with Gasteiger partial charge in [-0.2, -0.15) is 0 Å². The Morgan fingerprint density at radius 1 is 0.867 bits per heavy atom. The fourth-order valence-electron chi connectivity index (χ4n) is 4.58. The number of carbonyl (C=O) groups excluding carboxylic acids is 3. The van der Waals surface area contributed by atoms with Gasteiger partial charge in [-0.15, -0.1) is 0 Å². The van der Waals surface area contributed by atoms with E-state index in [4.69, 9.17) is 22.1 Å². The fourth-order valence-corrected chi connectivity index (χ4v) is 4.79. The number of para-hydroxylation sites is 1. The highest BCUT2D eigenvalue weighted by atomic mass is 32.1. The number of aliphatic carboxylic acids is 1. The predicted octanol–water partition coefficient (Wildman–Crippen LogP) is 3.12. The largest absolute Gasteiger partial charge is 0.481 e. The summed E-state index contributed by atoms with van der Waals surface area (Å²) in [5.41, 5.74) is 2.60. The number of thiocarbonyl (C=S) groups is 1. The number of rotatable bonds is 17. The van der Waals surface area contributed by atoms with Gasteiger partial charge >= 0.3 is 12.1 Å². The number of unbranched alkanes of at least 4 members (excludes halogenated alkanes) is 1. The van der Waals surface area contributed by atoms with Crippen LogP contribution < -0.4 is 26.6 Å². The molecule has 0 aliphatic heterocycles. The topological polar surface area (TPSA) is 174 Å². The summed E-state index contributed by atoms with van der Waals surface area (Å²) in [7, 11) is 0. The van der Waals surface area contributed by atoms with Crippen LogP contribution in [0.1, 0.15) is 50.7 Å². The van der Waals surface area contributed by atoms with E-state index in [0.29, 0.717) is 24.5 Å². The first kappa shape index (κ1) is 34.8. The maximum absolute atomic E-state index is 13.6. The minimum absolute atomic E-state index is 0.0389. The van der Waals surface area contributed by atoms with E-state index in [0.717, 1.165) is 22.0 Å². The van der Waals surface area contributed by atoms with Crippen molar-refractivity contribution in [2.75, 3.05) is 13.1 Å². The first-order valence-corrected chi connectivity index (χ1v) is 15.4. The molecule has 12 nitrogen and oxygen atoms in total. The van der Waals surface area contributed by atoms with Crippen LogP contribution in [0.4, 0.5) is 4.79 Å². The van der Waals surface area contributed by atoms with Crippen LogP contribution >= 0.6 is 12.2 Å². The third-order valence-corrected chi connectivity index (χ3v) is 7.10. The summed E-state index contributed by atoms with van der Waals surface area (Å²) >= 11 is 5.16. The second-order valence-electron chi connectivity index (χ2n) is 10.9. The lowest BCUT2D eigenvalue weighted by atomic mass is 10.0. The molecule has 0 unspecified atom stereocenters. The Hall–Kier alpha value is -4.65. The van der Waals surface area contributed by atoms with Gasteiger partial charge in [-0.1, -0.05) is 48.5 Å². The van der Waals surface area contributed by atoms with Crippen LogP contribution in [0, 0.1) is 0 Å². The molecular formula is C32H42N6O6S. The van der Waals surface area contributed by atoms with E-state index >= 15 is 0 Å². The molecule has 0 bridgehead atoms. The van der Waals surface area contributed by atoms with Crippen molar-refractivity contribution in [1.82, 2.24) is 31.6 Å². The molecule has 0 saturated heterocycles. The average molecular weight is 639 g/mol. The van der Waals surface area contributed by atoms with E-state index < -0.39 is 30.1 Å². The van der Waals surface area contributed by atoms with E-state index in [9.17, 15) is 19.2 Å². The third kappa shape index (κ3) is 12.5. The van der Waals surface area contributed by atoms with Crippen LogP contribution in [0.3, 0.4) is 0 Å². The number of aromatic amines is 1. The van der Waals surface area contributed by atoms with E-state index in [1.165, 1.54) is 0 Å². The standard InChI is InChI=1S/C32H42N6O6S/c1-21(2)36-30(42)27(18-23-19-35-25-13-7-6-12-24(23)25)37-29(41)26(38-32(43)44-20-22-10-4-3-5-11-22)14-8-9-16-33-31(45)34-17-15-28(39)40/h3-7,10-13,19,21,26-27,35H,8-9,14-18,20H2,1-2H3,(H,36,42)(H,37,41)(H,38,43)(H,39,40)(H2,33,34,45)/t26-,27-/m0/s1. The molecule has 0 aliphatic rings. The smallest absolute Gasteiger partial charge is 0.408 e. The summed E-state index contributed by atoms with van der Waals surface area (Å²) in [5.74, 6) is -1.76. The number of nitrogens with one attached hydrogen (secondary N) is 6. The van der Waals surface area contributed by atoms with Gasteiger partial charge in [0, 0.05) is 42.7 Å². The van der Waals surface area contributed by atoms with Crippen molar-refractivity contribution in [2.45, 2.75) is 70.7 Å². The normalized spacial score (nSPS) is 12.2. The Morgan fingerprint density at radius 3 is 2.29 bits per heavy atom. The summed E-state index contributed by atoms with van der Waals surface area (Å²) in [6.45, 7) is 4.42. The van der Waals surface area contributed by atoms with Crippen molar-refractivity contribution in [3.8, 4) is 0 Å². The second kappa shape index (κ2) is 18.2. The summed E-state index contributed by atoms with van der Waals surface area (Å²) in [6, 6.07) is 14.9. The maximum atomic E-state index is 13.6. The third-order valence-electron chi connectivity index (χ3n) is 6.81. The van der Waals surface area contributed by atoms with Crippen molar-refractivity contribution in [1.29, 1.82) is 0 Å². The molecule has 13 heteroatoms. The van der Waals surface area contributed by atoms with Gasteiger partial charge in [-0.25, -0.2) is 4.79 Å². The van der Waals surface area contributed by atoms with Crippen LogP contribution in [0.15, 0.2) is 60.8 Å². The number of H-pyrrole nitrogens is 1. The highest BCUT2D eigenvalue weighted by Crippen LogP contribution is 2.19. The molecule has 3 rings (SSSR count). The van der Waals surface area contributed by atoms with Gasteiger partial charge in [0.25, 0.3) is 0 Å². The minimum atomic E-state index is -0.966. The van der Waals surface area contributed by atoms with Crippen LogP contribution in [-0.2, 0) is 32.1 Å². The molecule has 0 radical (unpaired) electrons. The van der Waals surface area contributed by atoms with Crippen LogP contribution in [0.2, 0.25) is 0 Å². The monoisotopic (exact) mass is 638 g/mol.